The number of aryl methyl sites for hydroxylation is 3. The van der Waals surface area contributed by atoms with E-state index < -0.39 is 5.41 Å². The monoisotopic (exact) mass is 1040 g/mol. The summed E-state index contributed by atoms with van der Waals surface area (Å²) >= 11 is 1.21. The highest BCUT2D eigenvalue weighted by molar-refractivity contribution is 7.00. The number of rotatable bonds is 20. The number of hydrogen-bond acceptors (Lipinski definition) is 8. The highest BCUT2D eigenvalue weighted by atomic mass is 32.1. The third-order valence-corrected chi connectivity index (χ3v) is 16.2. The van der Waals surface area contributed by atoms with Crippen LogP contribution in [0.1, 0.15) is 118 Å². The highest BCUT2D eigenvalue weighted by Gasteiger charge is 2.47. The molecule has 0 spiro atoms. The molecule has 2 heterocycles. The van der Waals surface area contributed by atoms with Gasteiger partial charge in [-0.1, -0.05) is 156 Å². The van der Waals surface area contributed by atoms with Crippen LogP contribution in [0, 0.1) is 68.8 Å². The maximum absolute atomic E-state index is 6.58. The summed E-state index contributed by atoms with van der Waals surface area (Å²) < 4.78 is 28.8. The Hall–Kier alpha value is -8.22. The number of fused-ring (bicyclic) bond motifs is 5. The van der Waals surface area contributed by atoms with Gasteiger partial charge in [-0.15, -0.1) is 6.42 Å². The van der Waals surface area contributed by atoms with Crippen LogP contribution < -0.4 is 14.2 Å². The number of benzene rings is 7. The molecular formula is C70H66N4O3S. The minimum atomic E-state index is -0.730. The molecule has 2 unspecified atom stereocenters. The summed E-state index contributed by atoms with van der Waals surface area (Å²) in [4.78, 5) is 11.3. The molecule has 0 N–H and O–H groups in total. The molecule has 0 saturated heterocycles. The van der Waals surface area contributed by atoms with Crippen molar-refractivity contribution in [1.29, 1.82) is 0 Å². The van der Waals surface area contributed by atoms with Gasteiger partial charge in [0.05, 0.1) is 52.8 Å². The summed E-state index contributed by atoms with van der Waals surface area (Å²) in [7, 11) is 0. The maximum Gasteiger partial charge on any atom is 0.140 e. The number of ether oxygens (including phenoxy) is 3. The summed E-state index contributed by atoms with van der Waals surface area (Å²) in [5.74, 6) is 13.3. The van der Waals surface area contributed by atoms with E-state index in [1.807, 2.05) is 24.3 Å². The fourth-order valence-electron chi connectivity index (χ4n) is 11.1. The van der Waals surface area contributed by atoms with E-state index >= 15 is 0 Å². The van der Waals surface area contributed by atoms with E-state index in [1.54, 1.807) is 0 Å². The topological polar surface area (TPSA) is 79.3 Å². The molecule has 0 bridgehead atoms. The summed E-state index contributed by atoms with van der Waals surface area (Å²) in [5, 5.41) is 0. The first-order valence-electron chi connectivity index (χ1n) is 27.7. The lowest BCUT2D eigenvalue weighted by molar-refractivity contribution is 0.233. The van der Waals surface area contributed by atoms with Crippen molar-refractivity contribution in [3.8, 4) is 98.2 Å². The van der Waals surface area contributed by atoms with Crippen LogP contribution in [0.2, 0.25) is 0 Å². The molecule has 0 aliphatic heterocycles. The third kappa shape index (κ3) is 10.6. The molecule has 8 heteroatoms. The highest BCUT2D eigenvalue weighted by Crippen LogP contribution is 2.58. The Morgan fingerprint density at radius 1 is 0.526 bits per heavy atom. The first kappa shape index (κ1) is 53.2. The Labute approximate surface area is 465 Å². The normalized spacial score (nSPS) is 14.1. The van der Waals surface area contributed by atoms with Crippen molar-refractivity contribution in [2.75, 3.05) is 13.2 Å². The smallest absolute Gasteiger partial charge is 0.140 e. The van der Waals surface area contributed by atoms with Crippen LogP contribution in [-0.4, -0.2) is 31.9 Å². The predicted molar refractivity (Wildman–Crippen MR) is 321 cm³/mol. The Bertz CT molecular complexity index is 3710. The molecule has 0 amide bonds. The van der Waals surface area contributed by atoms with Gasteiger partial charge in [-0.2, -0.15) is 8.75 Å². The van der Waals surface area contributed by atoms with Gasteiger partial charge < -0.3 is 14.2 Å². The lowest BCUT2D eigenvalue weighted by Crippen LogP contribution is -2.28. The number of aromatic nitrogens is 4. The van der Waals surface area contributed by atoms with E-state index in [-0.39, 0.29) is 0 Å². The minimum absolute atomic E-state index is 0.520. The summed E-state index contributed by atoms with van der Waals surface area (Å²) in [6.45, 7) is 16.8. The van der Waals surface area contributed by atoms with Crippen molar-refractivity contribution in [2.45, 2.75) is 105 Å². The Balaban J connectivity index is 1.17. The van der Waals surface area contributed by atoms with Gasteiger partial charge in [0.25, 0.3) is 0 Å². The van der Waals surface area contributed by atoms with Gasteiger partial charge in [-0.3, -0.25) is 0 Å². The molecule has 0 saturated carbocycles. The second-order valence-electron chi connectivity index (χ2n) is 20.8. The average molecular weight is 1040 g/mol. The summed E-state index contributed by atoms with van der Waals surface area (Å²) in [5.41, 5.74) is 17.9. The van der Waals surface area contributed by atoms with E-state index in [2.05, 4.69) is 187 Å². The predicted octanol–water partition coefficient (Wildman–Crippen LogP) is 17.1. The van der Waals surface area contributed by atoms with Crippen LogP contribution in [0.3, 0.4) is 0 Å². The van der Waals surface area contributed by atoms with E-state index in [0.717, 1.165) is 102 Å². The van der Waals surface area contributed by atoms with Crippen LogP contribution in [0.15, 0.2) is 133 Å². The van der Waals surface area contributed by atoms with E-state index in [9.17, 15) is 0 Å². The van der Waals surface area contributed by atoms with Crippen molar-refractivity contribution in [1.82, 2.24) is 18.7 Å². The Morgan fingerprint density at radius 2 is 1.04 bits per heavy atom. The summed E-state index contributed by atoms with van der Waals surface area (Å²) in [6.07, 6.45) is 17.2. The van der Waals surface area contributed by atoms with Crippen molar-refractivity contribution in [3.63, 3.8) is 0 Å². The average Bonchev–Trinajstić information content (AvgIpc) is 4.17. The van der Waals surface area contributed by atoms with Crippen molar-refractivity contribution in [3.05, 3.63) is 172 Å². The quantitative estimate of drug-likeness (QED) is 0.0704. The van der Waals surface area contributed by atoms with E-state index in [0.29, 0.717) is 30.8 Å². The molecule has 10 rings (SSSR count). The molecule has 1 aliphatic rings. The number of nitrogens with zero attached hydrogens (tertiary/aromatic N) is 4. The number of terminal acetylenes is 1. The Morgan fingerprint density at radius 3 is 1.62 bits per heavy atom. The first-order chi connectivity index (χ1) is 38.2. The van der Waals surface area contributed by atoms with Crippen LogP contribution in [-0.2, 0) is 5.41 Å². The van der Waals surface area contributed by atoms with Crippen molar-refractivity contribution >= 4 is 33.8 Å². The van der Waals surface area contributed by atoms with Gasteiger partial charge in [0.2, 0.25) is 0 Å². The summed E-state index contributed by atoms with van der Waals surface area (Å²) in [6, 6.07) is 47.9. The fourth-order valence-corrected chi connectivity index (χ4v) is 11.8. The Kier molecular flexibility index (Phi) is 16.4. The largest absolute Gasteiger partial charge is 0.493 e. The van der Waals surface area contributed by atoms with Gasteiger partial charge in [0, 0.05) is 34.1 Å². The molecule has 0 fully saturated rings. The minimum Gasteiger partial charge on any atom is -0.493 e. The van der Waals surface area contributed by atoms with Crippen LogP contribution >= 0.6 is 11.7 Å². The zero-order valence-electron chi connectivity index (χ0n) is 45.9. The molecule has 9 aromatic rings. The van der Waals surface area contributed by atoms with Crippen LogP contribution in [0.25, 0.3) is 66.8 Å². The van der Waals surface area contributed by atoms with Gasteiger partial charge in [-0.25, -0.2) is 9.97 Å². The SMILES string of the molecule is C#CC#CC#COc1ccc(-c2nc3c(C)c4nsnc4c(-c4ccc5c(c4)C(c4ccc(OCC(CC)CCCC)cc4)(c4ccc(OCC(CC)CCCC)cc4)c4cc(C)ccc4-5)c3nc2-c2ccc(C)cc2)cc1. The lowest BCUT2D eigenvalue weighted by Gasteiger charge is -2.34. The van der Waals surface area contributed by atoms with Gasteiger partial charge in [0.15, 0.2) is 0 Å². The third-order valence-electron chi connectivity index (χ3n) is 15.7. The number of unbranched alkanes of at least 4 members (excludes halogenated alkanes) is 2. The molecule has 0 radical (unpaired) electrons. The molecule has 78 heavy (non-hydrogen) atoms. The second kappa shape index (κ2) is 24.0. The van der Waals surface area contributed by atoms with E-state index in [1.165, 1.54) is 78.1 Å². The molecule has 1 aliphatic carbocycles. The fraction of sp³-hybridized carbons (Fsp3) is 0.286. The van der Waals surface area contributed by atoms with Crippen molar-refractivity contribution in [2.24, 2.45) is 11.8 Å². The van der Waals surface area contributed by atoms with Gasteiger partial charge >= 0.3 is 0 Å². The van der Waals surface area contributed by atoms with Gasteiger partial charge in [-0.05, 0) is 151 Å². The van der Waals surface area contributed by atoms with Crippen LogP contribution in [0.5, 0.6) is 17.2 Å². The molecule has 390 valence electrons. The molecule has 2 atom stereocenters. The van der Waals surface area contributed by atoms with Crippen molar-refractivity contribution < 1.29 is 14.2 Å². The number of hydrogen-bond donors (Lipinski definition) is 0. The molecule has 7 nitrogen and oxygen atoms in total. The van der Waals surface area contributed by atoms with E-state index in [4.69, 9.17) is 39.3 Å². The second-order valence-corrected chi connectivity index (χ2v) is 21.3. The molecule has 7 aromatic carbocycles. The van der Waals surface area contributed by atoms with Gasteiger partial charge in [0.1, 0.15) is 34.4 Å². The van der Waals surface area contributed by atoms with Crippen LogP contribution in [0.4, 0.5) is 0 Å². The first-order valence-corrected chi connectivity index (χ1v) is 28.4. The zero-order chi connectivity index (χ0) is 54.2. The lowest BCUT2D eigenvalue weighted by atomic mass is 9.67. The molecular weight excluding hydrogens is 977 g/mol. The zero-order valence-corrected chi connectivity index (χ0v) is 46.7. The maximum atomic E-state index is 6.58. The standard InChI is InChI=1S/C70H66N4O3S/c1-9-14-17-18-41-75-56-33-26-52(27-34-56)66-67(51-24-21-46(6)22-25-51)72-68-63(69-65(73-78-74-69)48(8)64(68)71-66)53-28-40-60-59-39-23-47(7)42-61(59)70(62(60)43-53,54-29-35-57(36-30-54)76-44-49(12-4)19-15-10-2)55-31-37-58(38-32-55)77-45-50(13-5)20-16-11-3/h1,21-40,42-43,49-50H,10-13,15-16,19-20,44-45H2,2-8H3. The molecule has 2 aromatic heterocycles.